The molecule has 1 aliphatic rings. The Kier molecular flexibility index (Phi) is 10.4. The van der Waals surface area contributed by atoms with Gasteiger partial charge in [0.1, 0.15) is 23.9 Å². The zero-order valence-electron chi connectivity index (χ0n) is 22.4. The molecule has 0 aliphatic carbocycles. The highest BCUT2D eigenvalue weighted by atomic mass is 16.4. The molecule has 6 N–H and O–H groups in total. The van der Waals surface area contributed by atoms with Crippen molar-refractivity contribution < 1.29 is 29.4 Å². The van der Waals surface area contributed by atoms with E-state index in [4.69, 9.17) is 5.73 Å². The van der Waals surface area contributed by atoms with Crippen LogP contribution in [0, 0.1) is 5.92 Å². The number of carbonyl (C=O) groups is 4. The number of nitrogens with two attached hydrogens (primary N) is 1. The monoisotopic (exact) mass is 538 g/mol. The second-order valence-corrected chi connectivity index (χ2v) is 10.4. The number of benzene rings is 2. The molecule has 1 aliphatic heterocycles. The number of likely N-dealkylation sites (tertiary alicyclic amines) is 1. The lowest BCUT2D eigenvalue weighted by Gasteiger charge is -2.29. The van der Waals surface area contributed by atoms with Gasteiger partial charge < -0.3 is 31.5 Å². The van der Waals surface area contributed by atoms with E-state index in [1.807, 2.05) is 44.2 Å². The lowest BCUT2D eigenvalue weighted by Crippen LogP contribution is -2.58. The number of phenols is 1. The summed E-state index contributed by atoms with van der Waals surface area (Å²) in [6.07, 6.45) is 1.63. The van der Waals surface area contributed by atoms with Gasteiger partial charge in [0.15, 0.2) is 0 Å². The zero-order chi connectivity index (χ0) is 28.5. The first kappa shape index (κ1) is 29.6. The lowest BCUT2D eigenvalue weighted by molar-refractivity contribution is -0.149. The van der Waals surface area contributed by atoms with Crippen molar-refractivity contribution in [1.29, 1.82) is 0 Å². The van der Waals surface area contributed by atoms with Crippen LogP contribution in [-0.2, 0) is 32.0 Å². The number of hydrogen-bond acceptors (Lipinski definition) is 6. The van der Waals surface area contributed by atoms with Gasteiger partial charge in [0.05, 0.1) is 6.04 Å². The highest BCUT2D eigenvalue weighted by Gasteiger charge is 2.38. The average Bonchev–Trinajstić information content (AvgIpc) is 3.39. The van der Waals surface area contributed by atoms with Gasteiger partial charge in [-0.25, -0.2) is 4.79 Å². The molecule has 3 rings (SSSR count). The number of phenolic OH excluding ortho intramolecular Hbond substituents is 1. The third-order valence-electron chi connectivity index (χ3n) is 6.79. The van der Waals surface area contributed by atoms with Gasteiger partial charge in [-0.2, -0.15) is 0 Å². The van der Waals surface area contributed by atoms with Crippen molar-refractivity contribution in [2.75, 3.05) is 6.54 Å². The molecule has 2 aromatic rings. The van der Waals surface area contributed by atoms with Crippen LogP contribution in [0.2, 0.25) is 0 Å². The topological polar surface area (TPSA) is 162 Å². The maximum absolute atomic E-state index is 13.5. The summed E-state index contributed by atoms with van der Waals surface area (Å²) in [5, 5.41) is 24.6. The Balaban J connectivity index is 1.76. The number of nitrogens with one attached hydrogen (secondary N) is 2. The lowest BCUT2D eigenvalue weighted by atomic mass is 9.99. The van der Waals surface area contributed by atoms with Crippen molar-refractivity contribution >= 4 is 23.7 Å². The Bertz CT molecular complexity index is 1140. The minimum atomic E-state index is -1.07. The normalized spacial score (nSPS) is 17.3. The summed E-state index contributed by atoms with van der Waals surface area (Å²) in [5.74, 6) is -2.43. The molecule has 1 fully saturated rings. The summed E-state index contributed by atoms with van der Waals surface area (Å²) in [6.45, 7) is 4.13. The van der Waals surface area contributed by atoms with Crippen molar-refractivity contribution in [1.82, 2.24) is 15.5 Å². The van der Waals surface area contributed by atoms with Crippen LogP contribution in [0.1, 0.15) is 44.2 Å². The van der Waals surface area contributed by atoms with E-state index >= 15 is 0 Å². The van der Waals surface area contributed by atoms with E-state index in [1.165, 1.54) is 17.0 Å². The van der Waals surface area contributed by atoms with E-state index in [-0.39, 0.29) is 24.5 Å². The number of carboxylic acids is 1. The molecule has 39 heavy (non-hydrogen) atoms. The second-order valence-electron chi connectivity index (χ2n) is 10.4. The SMILES string of the molecule is CC(C)CC(NC(=O)C(N)Cc1ccc(O)cc1)C(=O)NC(Cc1ccccc1)C(=O)N1CCCC1C(=O)O. The van der Waals surface area contributed by atoms with Crippen molar-refractivity contribution in [3.8, 4) is 5.75 Å². The van der Waals surface area contributed by atoms with Gasteiger partial charge in [-0.15, -0.1) is 0 Å². The minimum Gasteiger partial charge on any atom is -0.508 e. The van der Waals surface area contributed by atoms with E-state index in [0.717, 1.165) is 11.1 Å². The summed E-state index contributed by atoms with van der Waals surface area (Å²) in [7, 11) is 0. The van der Waals surface area contributed by atoms with Gasteiger partial charge >= 0.3 is 5.97 Å². The fourth-order valence-corrected chi connectivity index (χ4v) is 4.77. The molecule has 10 heteroatoms. The number of carboxylic acid groups (broad SMARTS) is 1. The van der Waals surface area contributed by atoms with E-state index in [1.54, 1.807) is 12.1 Å². The number of rotatable bonds is 12. The van der Waals surface area contributed by atoms with Gasteiger partial charge in [-0.05, 0) is 54.9 Å². The van der Waals surface area contributed by atoms with E-state index in [0.29, 0.717) is 25.8 Å². The molecule has 0 aromatic heterocycles. The van der Waals surface area contributed by atoms with Gasteiger partial charge in [0, 0.05) is 13.0 Å². The molecule has 0 bridgehead atoms. The largest absolute Gasteiger partial charge is 0.508 e. The predicted octanol–water partition coefficient (Wildman–Crippen LogP) is 1.60. The van der Waals surface area contributed by atoms with Crippen molar-refractivity contribution in [3.05, 3.63) is 65.7 Å². The van der Waals surface area contributed by atoms with Crippen LogP contribution in [-0.4, -0.2) is 69.5 Å². The molecule has 0 radical (unpaired) electrons. The third kappa shape index (κ3) is 8.54. The highest BCUT2D eigenvalue weighted by molar-refractivity contribution is 5.94. The molecule has 3 amide bonds. The third-order valence-corrected chi connectivity index (χ3v) is 6.79. The van der Waals surface area contributed by atoms with E-state index < -0.39 is 47.9 Å². The maximum atomic E-state index is 13.5. The predicted molar refractivity (Wildman–Crippen MR) is 146 cm³/mol. The number of amides is 3. The quantitative estimate of drug-likeness (QED) is 0.274. The van der Waals surface area contributed by atoms with Gasteiger partial charge in [0.2, 0.25) is 17.7 Å². The van der Waals surface area contributed by atoms with E-state index in [2.05, 4.69) is 10.6 Å². The molecule has 0 spiro atoms. The Morgan fingerprint density at radius 1 is 0.923 bits per heavy atom. The molecule has 0 saturated carbocycles. The summed E-state index contributed by atoms with van der Waals surface area (Å²) >= 11 is 0. The standard InChI is InChI=1S/C29H38N4O6/c1-18(2)15-23(31-26(35)22(30)16-20-10-12-21(34)13-11-20)27(36)32-24(17-19-7-4-3-5-8-19)28(37)33-14-6-9-25(33)29(38)39/h3-5,7-8,10-13,18,22-25,34H,6,9,14-17,30H2,1-2H3,(H,31,35)(H,32,36)(H,38,39). The first-order valence-electron chi connectivity index (χ1n) is 13.3. The summed E-state index contributed by atoms with van der Waals surface area (Å²) in [5.41, 5.74) is 7.69. The van der Waals surface area contributed by atoms with Crippen molar-refractivity contribution in [3.63, 3.8) is 0 Å². The molecule has 210 valence electrons. The van der Waals surface area contributed by atoms with Crippen LogP contribution < -0.4 is 16.4 Å². The molecule has 1 heterocycles. The molecular weight excluding hydrogens is 500 g/mol. The first-order chi connectivity index (χ1) is 18.5. The molecule has 2 aromatic carbocycles. The van der Waals surface area contributed by atoms with Crippen LogP contribution in [0.4, 0.5) is 0 Å². The fraction of sp³-hybridized carbons (Fsp3) is 0.448. The Hall–Kier alpha value is -3.92. The number of aromatic hydroxyl groups is 1. The van der Waals surface area contributed by atoms with Gasteiger partial charge in [-0.3, -0.25) is 14.4 Å². The molecular formula is C29H38N4O6. The van der Waals surface area contributed by atoms with Crippen LogP contribution in [0.25, 0.3) is 0 Å². The summed E-state index contributed by atoms with van der Waals surface area (Å²) < 4.78 is 0. The fourth-order valence-electron chi connectivity index (χ4n) is 4.77. The van der Waals surface area contributed by atoms with Gasteiger partial charge in [0.25, 0.3) is 0 Å². The second kappa shape index (κ2) is 13.7. The molecule has 10 nitrogen and oxygen atoms in total. The van der Waals surface area contributed by atoms with Crippen LogP contribution in [0.5, 0.6) is 5.75 Å². The number of carbonyl (C=O) groups excluding carboxylic acids is 3. The van der Waals surface area contributed by atoms with Gasteiger partial charge in [-0.1, -0.05) is 56.3 Å². The van der Waals surface area contributed by atoms with Crippen LogP contribution in [0.15, 0.2) is 54.6 Å². The molecule has 4 atom stereocenters. The van der Waals surface area contributed by atoms with Crippen molar-refractivity contribution in [2.45, 2.75) is 70.1 Å². The Morgan fingerprint density at radius 3 is 2.15 bits per heavy atom. The average molecular weight is 539 g/mol. The molecule has 4 unspecified atom stereocenters. The smallest absolute Gasteiger partial charge is 0.326 e. The zero-order valence-corrected chi connectivity index (χ0v) is 22.4. The maximum Gasteiger partial charge on any atom is 0.326 e. The number of nitrogens with zero attached hydrogens (tertiary/aromatic N) is 1. The Labute approximate surface area is 228 Å². The number of aliphatic carboxylic acids is 1. The van der Waals surface area contributed by atoms with Crippen LogP contribution in [0.3, 0.4) is 0 Å². The van der Waals surface area contributed by atoms with Crippen molar-refractivity contribution in [2.24, 2.45) is 11.7 Å². The van der Waals surface area contributed by atoms with E-state index in [9.17, 15) is 29.4 Å². The summed E-state index contributed by atoms with van der Waals surface area (Å²) in [6, 6.07) is 11.7. The molecule has 1 saturated heterocycles. The number of hydrogen-bond donors (Lipinski definition) is 5. The highest BCUT2D eigenvalue weighted by Crippen LogP contribution is 2.20. The minimum absolute atomic E-state index is 0.0487. The first-order valence-corrected chi connectivity index (χ1v) is 13.3. The van der Waals surface area contributed by atoms with Crippen LogP contribution >= 0.6 is 0 Å². The Morgan fingerprint density at radius 2 is 1.54 bits per heavy atom. The summed E-state index contributed by atoms with van der Waals surface area (Å²) in [4.78, 5) is 53.0.